The molecule has 1 heterocycles. The van der Waals surface area contributed by atoms with E-state index in [0.29, 0.717) is 23.7 Å². The zero-order valence-electron chi connectivity index (χ0n) is 14.2. The number of guanidine groups is 1. The molecule has 1 aromatic rings. The van der Waals surface area contributed by atoms with Crippen LogP contribution in [0.3, 0.4) is 0 Å². The van der Waals surface area contributed by atoms with Crippen molar-refractivity contribution < 1.29 is 9.26 Å². The van der Waals surface area contributed by atoms with E-state index in [0.717, 1.165) is 32.1 Å². The van der Waals surface area contributed by atoms with E-state index >= 15 is 0 Å². The van der Waals surface area contributed by atoms with Gasteiger partial charge in [-0.2, -0.15) is 4.98 Å². The van der Waals surface area contributed by atoms with Crippen LogP contribution in [0.15, 0.2) is 9.52 Å². The van der Waals surface area contributed by atoms with Crippen molar-refractivity contribution in [3.63, 3.8) is 0 Å². The zero-order valence-corrected chi connectivity index (χ0v) is 16.6. The fourth-order valence-corrected chi connectivity index (χ4v) is 2.67. The summed E-state index contributed by atoms with van der Waals surface area (Å²) in [5, 5.41) is 10.5. The number of aliphatic imine (C=N–C) groups is 1. The second-order valence-electron chi connectivity index (χ2n) is 5.88. The van der Waals surface area contributed by atoms with Gasteiger partial charge in [0.25, 0.3) is 0 Å². The van der Waals surface area contributed by atoms with E-state index in [9.17, 15) is 0 Å². The highest BCUT2D eigenvalue weighted by Gasteiger charge is 2.36. The standard InChI is InChI=1S/C15H27N5O2.HI/c1-4-16-14(17-10-13-19-12(2)20-22-13)18-11-15(6-5-7-15)8-9-21-3;/h4-11H2,1-3H3,(H2,16,17,18);1H. The summed E-state index contributed by atoms with van der Waals surface area (Å²) < 4.78 is 10.3. The quantitative estimate of drug-likeness (QED) is 0.369. The predicted octanol–water partition coefficient (Wildman–Crippen LogP) is 2.26. The lowest BCUT2D eigenvalue weighted by Gasteiger charge is -2.42. The van der Waals surface area contributed by atoms with Crippen molar-refractivity contribution in [2.24, 2.45) is 10.4 Å². The largest absolute Gasteiger partial charge is 0.385 e. The van der Waals surface area contributed by atoms with Crippen molar-refractivity contribution in [3.8, 4) is 0 Å². The minimum absolute atomic E-state index is 0. The molecular formula is C15H28IN5O2. The van der Waals surface area contributed by atoms with Gasteiger partial charge in [0.2, 0.25) is 5.89 Å². The first-order chi connectivity index (χ1) is 10.7. The highest BCUT2D eigenvalue weighted by Crippen LogP contribution is 2.43. The second kappa shape index (κ2) is 10.1. The molecule has 1 fully saturated rings. The van der Waals surface area contributed by atoms with Gasteiger partial charge in [-0.3, -0.25) is 0 Å². The molecule has 0 spiro atoms. The maximum absolute atomic E-state index is 5.23. The summed E-state index contributed by atoms with van der Waals surface area (Å²) in [6.45, 7) is 6.80. The number of nitrogens with zero attached hydrogens (tertiary/aromatic N) is 3. The molecule has 0 amide bonds. The van der Waals surface area contributed by atoms with Gasteiger partial charge in [-0.15, -0.1) is 24.0 Å². The Labute approximate surface area is 155 Å². The first kappa shape index (κ1) is 20.1. The molecule has 1 aromatic heterocycles. The number of halogens is 1. The summed E-state index contributed by atoms with van der Waals surface area (Å²) in [6.07, 6.45) is 4.91. The van der Waals surface area contributed by atoms with Crippen LogP contribution < -0.4 is 10.6 Å². The van der Waals surface area contributed by atoms with Gasteiger partial charge in [0.05, 0.1) is 0 Å². The predicted molar refractivity (Wildman–Crippen MR) is 100 cm³/mol. The highest BCUT2D eigenvalue weighted by molar-refractivity contribution is 14.0. The van der Waals surface area contributed by atoms with Crippen LogP contribution in [0.1, 0.15) is 44.3 Å². The molecular weight excluding hydrogens is 409 g/mol. The number of aromatic nitrogens is 2. The first-order valence-corrected chi connectivity index (χ1v) is 7.98. The average Bonchev–Trinajstić information content (AvgIpc) is 2.88. The summed E-state index contributed by atoms with van der Waals surface area (Å²) in [7, 11) is 1.76. The van der Waals surface area contributed by atoms with Crippen molar-refractivity contribution in [2.75, 3.05) is 26.8 Å². The van der Waals surface area contributed by atoms with Crippen LogP contribution in [0.4, 0.5) is 0 Å². The maximum atomic E-state index is 5.23. The number of hydrogen-bond acceptors (Lipinski definition) is 5. The fourth-order valence-electron chi connectivity index (χ4n) is 2.67. The highest BCUT2D eigenvalue weighted by atomic mass is 127. The number of nitrogens with one attached hydrogen (secondary N) is 2. The lowest BCUT2D eigenvalue weighted by Crippen LogP contribution is -2.46. The van der Waals surface area contributed by atoms with Gasteiger partial charge in [0, 0.05) is 26.8 Å². The Bertz CT molecular complexity index is 488. The normalized spacial score (nSPS) is 16.4. The summed E-state index contributed by atoms with van der Waals surface area (Å²) in [5.41, 5.74) is 0.354. The molecule has 132 valence electrons. The molecule has 8 heteroatoms. The molecule has 0 unspecified atom stereocenters. The Hall–Kier alpha value is -0.900. The van der Waals surface area contributed by atoms with E-state index in [1.165, 1.54) is 19.3 Å². The van der Waals surface area contributed by atoms with E-state index < -0.39 is 0 Å². The summed E-state index contributed by atoms with van der Waals surface area (Å²) >= 11 is 0. The van der Waals surface area contributed by atoms with Crippen LogP contribution in [0.2, 0.25) is 0 Å². The third-order valence-electron chi connectivity index (χ3n) is 4.17. The summed E-state index contributed by atoms with van der Waals surface area (Å²) in [5.74, 6) is 1.96. The van der Waals surface area contributed by atoms with Crippen molar-refractivity contribution in [1.29, 1.82) is 0 Å². The molecule has 7 nitrogen and oxygen atoms in total. The van der Waals surface area contributed by atoms with Gasteiger partial charge < -0.3 is 19.9 Å². The molecule has 2 N–H and O–H groups in total. The van der Waals surface area contributed by atoms with Crippen LogP contribution in [-0.2, 0) is 11.3 Å². The van der Waals surface area contributed by atoms with Crippen LogP contribution in [0, 0.1) is 12.3 Å². The van der Waals surface area contributed by atoms with E-state index in [2.05, 4.69) is 32.7 Å². The Kier molecular flexibility index (Phi) is 8.82. The Morgan fingerprint density at radius 2 is 2.17 bits per heavy atom. The number of hydrogen-bond donors (Lipinski definition) is 2. The van der Waals surface area contributed by atoms with E-state index in [1.807, 2.05) is 0 Å². The lowest BCUT2D eigenvalue weighted by atomic mass is 9.67. The molecule has 1 saturated carbocycles. The molecule has 1 aliphatic rings. The lowest BCUT2D eigenvalue weighted by molar-refractivity contribution is 0.0732. The molecule has 0 radical (unpaired) electrons. The van der Waals surface area contributed by atoms with Crippen molar-refractivity contribution in [1.82, 2.24) is 20.8 Å². The third kappa shape index (κ3) is 6.25. The van der Waals surface area contributed by atoms with Crippen LogP contribution >= 0.6 is 24.0 Å². The summed E-state index contributed by atoms with van der Waals surface area (Å²) in [4.78, 5) is 8.67. The molecule has 0 aliphatic heterocycles. The molecule has 1 aliphatic carbocycles. The number of ether oxygens (including phenoxy) is 1. The van der Waals surface area contributed by atoms with Crippen LogP contribution in [0.25, 0.3) is 0 Å². The van der Waals surface area contributed by atoms with Gasteiger partial charge in [0.15, 0.2) is 11.8 Å². The Morgan fingerprint density at radius 1 is 1.39 bits per heavy atom. The van der Waals surface area contributed by atoms with Gasteiger partial charge in [-0.1, -0.05) is 11.6 Å². The molecule has 0 saturated heterocycles. The van der Waals surface area contributed by atoms with Crippen molar-refractivity contribution in [3.05, 3.63) is 11.7 Å². The molecule has 0 aromatic carbocycles. The van der Waals surface area contributed by atoms with Crippen LogP contribution in [-0.4, -0.2) is 42.9 Å². The van der Waals surface area contributed by atoms with E-state index in [-0.39, 0.29) is 24.0 Å². The maximum Gasteiger partial charge on any atom is 0.248 e. The van der Waals surface area contributed by atoms with Crippen molar-refractivity contribution >= 4 is 29.9 Å². The molecule has 2 rings (SSSR count). The first-order valence-electron chi connectivity index (χ1n) is 7.98. The molecule has 0 bridgehead atoms. The minimum Gasteiger partial charge on any atom is -0.385 e. The topological polar surface area (TPSA) is 84.6 Å². The number of methoxy groups -OCH3 is 1. The summed E-state index contributed by atoms with van der Waals surface area (Å²) in [6, 6.07) is 0. The fraction of sp³-hybridized carbons (Fsp3) is 0.800. The number of aryl methyl sites for hydroxylation is 1. The Balaban J connectivity index is 0.00000264. The van der Waals surface area contributed by atoms with Gasteiger partial charge in [0.1, 0.15) is 6.54 Å². The zero-order chi connectivity index (χ0) is 15.8. The van der Waals surface area contributed by atoms with E-state index in [4.69, 9.17) is 9.26 Å². The number of rotatable bonds is 8. The molecule has 0 atom stereocenters. The smallest absolute Gasteiger partial charge is 0.248 e. The minimum atomic E-state index is 0. The SMILES string of the molecule is CCNC(=NCc1nc(C)no1)NCC1(CCOC)CCC1.I. The van der Waals surface area contributed by atoms with Gasteiger partial charge in [-0.25, -0.2) is 4.99 Å². The van der Waals surface area contributed by atoms with Crippen molar-refractivity contribution in [2.45, 2.75) is 46.1 Å². The average molecular weight is 437 g/mol. The Morgan fingerprint density at radius 3 is 2.70 bits per heavy atom. The second-order valence-corrected chi connectivity index (χ2v) is 5.88. The van der Waals surface area contributed by atoms with Gasteiger partial charge >= 0.3 is 0 Å². The van der Waals surface area contributed by atoms with Gasteiger partial charge in [-0.05, 0) is 38.5 Å². The monoisotopic (exact) mass is 437 g/mol. The molecule has 23 heavy (non-hydrogen) atoms. The van der Waals surface area contributed by atoms with E-state index in [1.54, 1.807) is 14.0 Å². The third-order valence-corrected chi connectivity index (χ3v) is 4.17. The van der Waals surface area contributed by atoms with Crippen LogP contribution in [0.5, 0.6) is 0 Å².